The number of benzene rings is 1. The Morgan fingerprint density at radius 3 is 2.94 bits per heavy atom. The summed E-state index contributed by atoms with van der Waals surface area (Å²) in [5, 5.41) is 6.36. The van der Waals surface area contributed by atoms with Gasteiger partial charge in [-0.05, 0) is 36.1 Å². The van der Waals surface area contributed by atoms with Crippen LogP contribution in [0.4, 0.5) is 22.9 Å². The molecule has 0 spiro atoms. The number of pyridine rings is 1. The van der Waals surface area contributed by atoms with Crippen LogP contribution in [0.3, 0.4) is 0 Å². The van der Waals surface area contributed by atoms with Gasteiger partial charge in [0.15, 0.2) is 11.5 Å². The molecule has 0 saturated carbocycles. The van der Waals surface area contributed by atoms with E-state index in [0.29, 0.717) is 30.5 Å². The average molecular weight is 446 g/mol. The largest absolute Gasteiger partial charge is 0.385 e. The number of rotatable bonds is 4. The highest BCUT2D eigenvalue weighted by Crippen LogP contribution is 2.34. The molecule has 170 valence electrons. The summed E-state index contributed by atoms with van der Waals surface area (Å²) in [6.07, 6.45) is 6.03. The van der Waals surface area contributed by atoms with Gasteiger partial charge >= 0.3 is 0 Å². The van der Waals surface area contributed by atoms with Crippen molar-refractivity contribution in [3.8, 4) is 11.3 Å². The first-order valence-electron chi connectivity index (χ1n) is 11.2. The normalized spacial score (nSPS) is 17.7. The molecule has 1 saturated heterocycles. The Morgan fingerprint density at radius 2 is 2.09 bits per heavy atom. The zero-order valence-corrected chi connectivity index (χ0v) is 18.5. The van der Waals surface area contributed by atoms with Crippen LogP contribution >= 0.6 is 0 Å². The Bertz CT molecular complexity index is 1180. The van der Waals surface area contributed by atoms with Crippen molar-refractivity contribution >= 4 is 28.8 Å². The minimum Gasteiger partial charge on any atom is -0.385 e. The van der Waals surface area contributed by atoms with Crippen LogP contribution in [-0.4, -0.2) is 53.7 Å². The number of hydrogen-bond donors (Lipinski definition) is 3. The van der Waals surface area contributed by atoms with Crippen LogP contribution in [0.25, 0.3) is 11.3 Å². The molecule has 0 radical (unpaired) electrons. The first-order chi connectivity index (χ1) is 16.1. The lowest BCUT2D eigenvalue weighted by Crippen LogP contribution is -2.36. The fraction of sp³-hybridized carbons (Fsp3) is 0.333. The number of morpholine rings is 1. The minimum atomic E-state index is -0.419. The zero-order valence-electron chi connectivity index (χ0n) is 18.5. The van der Waals surface area contributed by atoms with Crippen LogP contribution in [0.1, 0.15) is 35.3 Å². The summed E-state index contributed by atoms with van der Waals surface area (Å²) in [4.78, 5) is 28.3. The van der Waals surface area contributed by atoms with E-state index in [-0.39, 0.29) is 11.5 Å². The molecule has 1 amide bonds. The van der Waals surface area contributed by atoms with Gasteiger partial charge < -0.3 is 26.0 Å². The summed E-state index contributed by atoms with van der Waals surface area (Å²) in [6, 6.07) is 8.05. The van der Waals surface area contributed by atoms with Gasteiger partial charge in [0.1, 0.15) is 0 Å². The molecule has 5 rings (SSSR count). The van der Waals surface area contributed by atoms with Crippen LogP contribution < -0.4 is 21.3 Å². The third kappa shape index (κ3) is 4.31. The van der Waals surface area contributed by atoms with E-state index in [2.05, 4.69) is 49.5 Å². The summed E-state index contributed by atoms with van der Waals surface area (Å²) in [5.41, 5.74) is 11.5. The molecule has 3 aromatic rings. The van der Waals surface area contributed by atoms with Gasteiger partial charge in [-0.2, -0.15) is 0 Å². The van der Waals surface area contributed by atoms with Gasteiger partial charge in [-0.15, -0.1) is 0 Å². The Hall–Kier alpha value is -3.72. The van der Waals surface area contributed by atoms with Crippen molar-refractivity contribution in [3.05, 3.63) is 54.1 Å². The maximum Gasteiger partial charge on any atom is 0.278 e. The number of hydrogen-bond acceptors (Lipinski definition) is 8. The Kier molecular flexibility index (Phi) is 5.78. The van der Waals surface area contributed by atoms with Gasteiger partial charge in [0.25, 0.3) is 5.91 Å². The van der Waals surface area contributed by atoms with E-state index >= 15 is 0 Å². The molecule has 1 atom stereocenters. The van der Waals surface area contributed by atoms with Crippen molar-refractivity contribution in [2.75, 3.05) is 54.1 Å². The minimum absolute atomic E-state index is 0.0843. The summed E-state index contributed by atoms with van der Waals surface area (Å²) in [7, 11) is 0. The number of ether oxygens (including phenoxy) is 1. The molecule has 1 unspecified atom stereocenters. The maximum atomic E-state index is 13.2. The average Bonchev–Trinajstić information content (AvgIpc) is 2.85. The van der Waals surface area contributed by atoms with Crippen molar-refractivity contribution in [3.63, 3.8) is 0 Å². The SMILES string of the molecule is CC1CCNc2ccc(-c3cnc(N)c(C(=O)Nc4cnccc4N4CCOCC4)n3)cc21. The number of carbonyl (C=O) groups excluding carboxylic acids is 1. The second-order valence-corrected chi connectivity index (χ2v) is 8.35. The number of carbonyl (C=O) groups is 1. The monoisotopic (exact) mass is 445 g/mol. The number of amides is 1. The van der Waals surface area contributed by atoms with Crippen LogP contribution in [0.5, 0.6) is 0 Å². The molecule has 2 aliphatic rings. The highest BCUT2D eigenvalue weighted by atomic mass is 16.5. The smallest absolute Gasteiger partial charge is 0.278 e. The van der Waals surface area contributed by atoms with Crippen molar-refractivity contribution in [2.45, 2.75) is 19.3 Å². The van der Waals surface area contributed by atoms with E-state index in [1.807, 2.05) is 12.1 Å². The van der Waals surface area contributed by atoms with E-state index in [4.69, 9.17) is 10.5 Å². The van der Waals surface area contributed by atoms with Crippen LogP contribution in [0.2, 0.25) is 0 Å². The summed E-state index contributed by atoms with van der Waals surface area (Å²) >= 11 is 0. The molecule has 0 bridgehead atoms. The molecular weight excluding hydrogens is 418 g/mol. The highest BCUT2D eigenvalue weighted by molar-refractivity contribution is 6.07. The molecule has 0 aliphatic carbocycles. The fourth-order valence-corrected chi connectivity index (χ4v) is 4.32. The third-order valence-electron chi connectivity index (χ3n) is 6.18. The lowest BCUT2D eigenvalue weighted by molar-refractivity contribution is 0.102. The zero-order chi connectivity index (χ0) is 22.8. The molecule has 1 fully saturated rings. The number of fused-ring (bicyclic) bond motifs is 1. The molecule has 4 N–H and O–H groups in total. The molecule has 9 heteroatoms. The second-order valence-electron chi connectivity index (χ2n) is 8.35. The Labute approximate surface area is 192 Å². The van der Waals surface area contributed by atoms with Gasteiger partial charge in [-0.1, -0.05) is 13.0 Å². The maximum absolute atomic E-state index is 13.2. The topological polar surface area (TPSA) is 118 Å². The fourth-order valence-electron chi connectivity index (χ4n) is 4.32. The first kappa shape index (κ1) is 21.1. The third-order valence-corrected chi connectivity index (χ3v) is 6.18. The van der Waals surface area contributed by atoms with Gasteiger partial charge in [0.05, 0.1) is 42.7 Å². The number of aromatic nitrogens is 3. The molecule has 2 aromatic heterocycles. The van der Waals surface area contributed by atoms with E-state index in [0.717, 1.165) is 43.0 Å². The number of nitrogens with zero attached hydrogens (tertiary/aromatic N) is 4. The molecule has 33 heavy (non-hydrogen) atoms. The number of nitrogens with one attached hydrogen (secondary N) is 2. The molecular formula is C24H27N7O2. The molecule has 4 heterocycles. The van der Waals surface area contributed by atoms with Crippen molar-refractivity contribution in [2.24, 2.45) is 0 Å². The molecule has 9 nitrogen and oxygen atoms in total. The van der Waals surface area contributed by atoms with Gasteiger partial charge in [0.2, 0.25) is 0 Å². The van der Waals surface area contributed by atoms with Crippen LogP contribution in [0.15, 0.2) is 42.9 Å². The van der Waals surface area contributed by atoms with Gasteiger partial charge in [-0.3, -0.25) is 9.78 Å². The molecule has 2 aliphatic heterocycles. The van der Waals surface area contributed by atoms with E-state index in [1.165, 1.54) is 5.56 Å². The first-order valence-corrected chi connectivity index (χ1v) is 11.2. The van der Waals surface area contributed by atoms with E-state index in [1.54, 1.807) is 18.6 Å². The van der Waals surface area contributed by atoms with Crippen molar-refractivity contribution in [1.29, 1.82) is 0 Å². The number of nitrogens with two attached hydrogens (primary N) is 1. The summed E-state index contributed by atoms with van der Waals surface area (Å²) in [5.74, 6) is 0.119. The predicted molar refractivity (Wildman–Crippen MR) is 129 cm³/mol. The quantitative estimate of drug-likeness (QED) is 0.561. The standard InChI is InChI=1S/C24H27N7O2/c1-15-4-7-27-18-3-2-16(12-17(15)18)19-14-28-23(25)22(29-19)24(32)30-20-13-26-6-5-21(20)31-8-10-33-11-9-31/h2-3,5-6,12-15,27H,4,7-11H2,1H3,(H2,25,28)(H,30,32). The predicted octanol–water partition coefficient (Wildman–Crippen LogP) is 3.13. The summed E-state index contributed by atoms with van der Waals surface area (Å²) < 4.78 is 5.44. The van der Waals surface area contributed by atoms with Gasteiger partial charge in [0, 0.05) is 37.1 Å². The number of anilines is 4. The van der Waals surface area contributed by atoms with Crippen molar-refractivity contribution < 1.29 is 9.53 Å². The molecule has 1 aromatic carbocycles. The van der Waals surface area contributed by atoms with E-state index < -0.39 is 5.91 Å². The lowest BCUT2D eigenvalue weighted by atomic mass is 9.91. The van der Waals surface area contributed by atoms with E-state index in [9.17, 15) is 4.79 Å². The van der Waals surface area contributed by atoms with Crippen molar-refractivity contribution in [1.82, 2.24) is 15.0 Å². The van der Waals surface area contributed by atoms with Crippen LogP contribution in [0, 0.1) is 0 Å². The van der Waals surface area contributed by atoms with Crippen LogP contribution in [-0.2, 0) is 4.74 Å². The number of nitrogen functional groups attached to an aromatic ring is 1. The highest BCUT2D eigenvalue weighted by Gasteiger charge is 2.21. The lowest BCUT2D eigenvalue weighted by Gasteiger charge is -2.30. The summed E-state index contributed by atoms with van der Waals surface area (Å²) in [6.45, 7) is 5.97. The Balaban J connectivity index is 1.43. The van der Waals surface area contributed by atoms with Gasteiger partial charge in [-0.25, -0.2) is 9.97 Å². The Morgan fingerprint density at radius 1 is 1.24 bits per heavy atom. The second kappa shape index (κ2) is 9.03.